The molecule has 0 fully saturated rings. The molecule has 2 aliphatic rings. The average molecular weight is 537 g/mol. The fourth-order valence-corrected chi connectivity index (χ4v) is 5.80. The van der Waals surface area contributed by atoms with Crippen LogP contribution < -0.4 is 0 Å². The standard InChI is InChI=1S/C40H56/c1-31(19-13-21-33(3)25-27-37-35(5)23-15-29-39(37,7)8)17-11-12-18-32(2)20-14-22-34(4)26-28-38-36(6)24-16-30-40(38,9)10/h11-13,15,17-19,21,26,28-29,34H,16,22-25,27,30H2,1-10H3/b12-11+,19-13+,28-26+,31-17+,32-18+,33-21+. The Kier molecular flexibility index (Phi) is 13.3. The summed E-state index contributed by atoms with van der Waals surface area (Å²) in [7, 11) is 0. The van der Waals surface area contributed by atoms with Gasteiger partial charge in [0.15, 0.2) is 0 Å². The molecule has 0 radical (unpaired) electrons. The maximum Gasteiger partial charge on any atom is 0.0153 e. The summed E-state index contributed by atoms with van der Waals surface area (Å²) >= 11 is 0. The van der Waals surface area contributed by atoms with E-state index in [1.54, 1.807) is 16.7 Å². The minimum atomic E-state index is 0.196. The molecule has 2 rings (SSSR count). The fourth-order valence-electron chi connectivity index (χ4n) is 5.80. The molecule has 0 amide bonds. The number of rotatable bonds is 10. The predicted octanol–water partition coefficient (Wildman–Crippen LogP) is 12.1. The first-order valence-electron chi connectivity index (χ1n) is 15.4. The van der Waals surface area contributed by atoms with Crippen molar-refractivity contribution in [1.82, 2.24) is 0 Å². The van der Waals surface area contributed by atoms with E-state index in [0.717, 1.165) is 31.3 Å². The number of allylic oxidation sites excluding steroid dienone is 18. The molecular weight excluding hydrogens is 480 g/mol. The molecular formula is C40H56. The van der Waals surface area contributed by atoms with Crippen molar-refractivity contribution in [3.63, 3.8) is 0 Å². The van der Waals surface area contributed by atoms with Gasteiger partial charge in [-0.15, -0.1) is 0 Å². The van der Waals surface area contributed by atoms with Crippen LogP contribution in [0.4, 0.5) is 0 Å². The Balaban J connectivity index is 1.81. The van der Waals surface area contributed by atoms with Crippen molar-refractivity contribution in [2.24, 2.45) is 16.7 Å². The van der Waals surface area contributed by atoms with Crippen LogP contribution in [0.25, 0.3) is 0 Å². The maximum atomic E-state index is 3.37. The maximum absolute atomic E-state index is 3.37. The second-order valence-corrected chi connectivity index (χ2v) is 13.4. The summed E-state index contributed by atoms with van der Waals surface area (Å²) in [4.78, 5) is 0. The third-order valence-corrected chi connectivity index (χ3v) is 8.42. The quantitative estimate of drug-likeness (QED) is 0.148. The SMILES string of the molecule is CC1=C(CC/C(C)=C/C=C/C(C)=C/C=C/C=C(\C)C#CCC(C)/C=C/C2=C(C)CCCC2(C)C)C(C)(C)C=CC1. The van der Waals surface area contributed by atoms with Crippen molar-refractivity contribution >= 4 is 0 Å². The Morgan fingerprint density at radius 1 is 0.975 bits per heavy atom. The van der Waals surface area contributed by atoms with E-state index in [1.165, 1.54) is 36.0 Å². The van der Waals surface area contributed by atoms with Gasteiger partial charge in [0.05, 0.1) is 0 Å². The molecule has 1 unspecified atom stereocenters. The highest BCUT2D eigenvalue weighted by Gasteiger charge is 2.26. The lowest BCUT2D eigenvalue weighted by Crippen LogP contribution is -2.19. The first-order chi connectivity index (χ1) is 18.8. The van der Waals surface area contributed by atoms with Gasteiger partial charge in [0.25, 0.3) is 0 Å². The summed E-state index contributed by atoms with van der Waals surface area (Å²) in [6, 6.07) is 0. The van der Waals surface area contributed by atoms with E-state index < -0.39 is 0 Å². The van der Waals surface area contributed by atoms with Crippen LogP contribution in [0.5, 0.6) is 0 Å². The summed E-state index contributed by atoms with van der Waals surface area (Å²) in [5, 5.41) is 0. The zero-order valence-electron chi connectivity index (χ0n) is 27.4. The molecule has 216 valence electrons. The van der Waals surface area contributed by atoms with Crippen molar-refractivity contribution in [2.75, 3.05) is 0 Å². The van der Waals surface area contributed by atoms with Crippen LogP contribution in [0.2, 0.25) is 0 Å². The van der Waals surface area contributed by atoms with Gasteiger partial charge in [-0.05, 0) is 95.6 Å². The van der Waals surface area contributed by atoms with Crippen LogP contribution in [0.15, 0.2) is 106 Å². The molecule has 1 atom stereocenters. The van der Waals surface area contributed by atoms with Crippen molar-refractivity contribution in [3.8, 4) is 11.8 Å². The molecule has 40 heavy (non-hydrogen) atoms. The van der Waals surface area contributed by atoms with E-state index in [-0.39, 0.29) is 5.41 Å². The second kappa shape index (κ2) is 15.9. The van der Waals surface area contributed by atoms with Crippen molar-refractivity contribution in [2.45, 2.75) is 114 Å². The smallest absolute Gasteiger partial charge is 0.0153 e. The molecule has 0 saturated carbocycles. The molecule has 0 aromatic rings. The molecule has 0 nitrogen and oxygen atoms in total. The number of hydrogen-bond acceptors (Lipinski definition) is 0. The van der Waals surface area contributed by atoms with E-state index in [2.05, 4.69) is 148 Å². The van der Waals surface area contributed by atoms with Crippen molar-refractivity contribution in [1.29, 1.82) is 0 Å². The minimum Gasteiger partial charge on any atom is -0.0976 e. The topological polar surface area (TPSA) is 0 Å². The van der Waals surface area contributed by atoms with Gasteiger partial charge >= 0.3 is 0 Å². The summed E-state index contributed by atoms with van der Waals surface area (Å²) in [6.07, 6.45) is 32.6. The molecule has 0 heterocycles. The van der Waals surface area contributed by atoms with E-state index in [1.807, 2.05) is 0 Å². The van der Waals surface area contributed by atoms with Gasteiger partial charge in [0, 0.05) is 11.8 Å². The summed E-state index contributed by atoms with van der Waals surface area (Å²) in [5.74, 6) is 7.15. The Hall–Kier alpha value is -2.78. The van der Waals surface area contributed by atoms with Crippen molar-refractivity contribution in [3.05, 3.63) is 106 Å². The van der Waals surface area contributed by atoms with E-state index in [9.17, 15) is 0 Å². The van der Waals surface area contributed by atoms with Crippen molar-refractivity contribution < 1.29 is 0 Å². The largest absolute Gasteiger partial charge is 0.0976 e. The minimum absolute atomic E-state index is 0.196. The Morgan fingerprint density at radius 2 is 1.70 bits per heavy atom. The summed E-state index contributed by atoms with van der Waals surface area (Å²) < 4.78 is 0. The monoisotopic (exact) mass is 536 g/mol. The van der Waals surface area contributed by atoms with Gasteiger partial charge in [-0.1, -0.05) is 141 Å². The molecule has 0 aromatic carbocycles. The lowest BCUT2D eigenvalue weighted by atomic mass is 9.72. The fraction of sp³-hybridized carbons (Fsp3) is 0.500. The predicted molar refractivity (Wildman–Crippen MR) is 180 cm³/mol. The first-order valence-corrected chi connectivity index (χ1v) is 15.4. The normalized spacial score (nSPS) is 21.1. The Labute approximate surface area is 248 Å². The van der Waals surface area contributed by atoms with Gasteiger partial charge in [-0.3, -0.25) is 0 Å². The van der Waals surface area contributed by atoms with Crippen LogP contribution in [-0.4, -0.2) is 0 Å². The van der Waals surface area contributed by atoms with Gasteiger partial charge in [0.2, 0.25) is 0 Å². The van der Waals surface area contributed by atoms with Crippen LogP contribution in [0.1, 0.15) is 114 Å². The van der Waals surface area contributed by atoms with Crippen LogP contribution in [0.3, 0.4) is 0 Å². The van der Waals surface area contributed by atoms with Crippen LogP contribution >= 0.6 is 0 Å². The molecule has 0 aromatic heterocycles. The van der Waals surface area contributed by atoms with E-state index in [0.29, 0.717) is 11.3 Å². The zero-order chi connectivity index (χ0) is 29.8. The summed E-state index contributed by atoms with van der Waals surface area (Å²) in [5.41, 5.74) is 10.5. The molecule has 0 N–H and O–H groups in total. The molecule has 0 saturated heterocycles. The van der Waals surface area contributed by atoms with Gasteiger partial charge in [-0.25, -0.2) is 0 Å². The van der Waals surface area contributed by atoms with Crippen LogP contribution in [0, 0.1) is 28.6 Å². The third kappa shape index (κ3) is 11.4. The van der Waals surface area contributed by atoms with E-state index >= 15 is 0 Å². The van der Waals surface area contributed by atoms with Gasteiger partial charge in [-0.2, -0.15) is 0 Å². The number of hydrogen-bond donors (Lipinski definition) is 0. The molecule has 0 aliphatic heterocycles. The highest BCUT2D eigenvalue weighted by atomic mass is 14.3. The van der Waals surface area contributed by atoms with Gasteiger partial charge < -0.3 is 0 Å². The Morgan fingerprint density at radius 3 is 2.40 bits per heavy atom. The van der Waals surface area contributed by atoms with E-state index in [4.69, 9.17) is 0 Å². The zero-order valence-corrected chi connectivity index (χ0v) is 27.4. The first kappa shape index (κ1) is 33.4. The molecule has 0 spiro atoms. The lowest BCUT2D eigenvalue weighted by Gasteiger charge is -2.33. The second-order valence-electron chi connectivity index (χ2n) is 13.4. The third-order valence-electron chi connectivity index (χ3n) is 8.42. The average Bonchev–Trinajstić information content (AvgIpc) is 2.85. The van der Waals surface area contributed by atoms with Gasteiger partial charge in [0.1, 0.15) is 0 Å². The van der Waals surface area contributed by atoms with Crippen LogP contribution in [-0.2, 0) is 0 Å². The Bertz CT molecular complexity index is 1210. The molecule has 0 heteroatoms. The highest BCUT2D eigenvalue weighted by Crippen LogP contribution is 2.41. The lowest BCUT2D eigenvalue weighted by molar-refractivity contribution is 0.376. The summed E-state index contributed by atoms with van der Waals surface area (Å²) in [6.45, 7) is 22.8. The highest BCUT2D eigenvalue weighted by molar-refractivity contribution is 5.35. The molecule has 0 bridgehead atoms. The molecule has 2 aliphatic carbocycles.